The van der Waals surface area contributed by atoms with Crippen molar-refractivity contribution in [3.8, 4) is 5.82 Å². The van der Waals surface area contributed by atoms with Gasteiger partial charge in [0.15, 0.2) is 5.82 Å². The third kappa shape index (κ3) is 5.17. The van der Waals surface area contributed by atoms with E-state index < -0.39 is 12.0 Å². The number of aromatic nitrogens is 3. The summed E-state index contributed by atoms with van der Waals surface area (Å²) >= 11 is 16.2. The molecule has 0 aliphatic rings. The third-order valence-corrected chi connectivity index (χ3v) is 5.72. The SMILES string of the molecule is C=CCN(C(=O)O)c1cc(Br)cc(Br)c1NC(=O)c1cc(Br)nn1-c1ncccc1Cl. The maximum absolute atomic E-state index is 13.2. The zero-order chi connectivity index (χ0) is 22.7. The summed E-state index contributed by atoms with van der Waals surface area (Å²) in [6.45, 7) is 3.62. The van der Waals surface area contributed by atoms with Crippen LogP contribution in [0.1, 0.15) is 10.5 Å². The van der Waals surface area contributed by atoms with Crippen LogP contribution >= 0.6 is 59.4 Å². The molecule has 8 nitrogen and oxygen atoms in total. The number of rotatable bonds is 6. The molecule has 3 aromatic rings. The molecule has 0 saturated carbocycles. The van der Waals surface area contributed by atoms with Gasteiger partial charge in [0.05, 0.1) is 16.4 Å². The maximum Gasteiger partial charge on any atom is 0.412 e. The van der Waals surface area contributed by atoms with Crippen molar-refractivity contribution < 1.29 is 14.7 Å². The van der Waals surface area contributed by atoms with E-state index in [0.29, 0.717) is 18.6 Å². The van der Waals surface area contributed by atoms with Gasteiger partial charge in [-0.2, -0.15) is 5.10 Å². The number of hydrogen-bond acceptors (Lipinski definition) is 4. The predicted molar refractivity (Wildman–Crippen MR) is 129 cm³/mol. The molecule has 0 aliphatic heterocycles. The molecule has 0 saturated heterocycles. The van der Waals surface area contributed by atoms with Crippen molar-refractivity contribution in [2.45, 2.75) is 0 Å². The number of anilines is 2. The highest BCUT2D eigenvalue weighted by Crippen LogP contribution is 2.37. The summed E-state index contributed by atoms with van der Waals surface area (Å²) in [5.41, 5.74) is 0.648. The van der Waals surface area contributed by atoms with Crippen molar-refractivity contribution in [1.29, 1.82) is 0 Å². The van der Waals surface area contributed by atoms with Crippen LogP contribution in [0.5, 0.6) is 0 Å². The minimum Gasteiger partial charge on any atom is -0.465 e. The number of nitrogens with one attached hydrogen (secondary N) is 1. The second-order valence-electron chi connectivity index (χ2n) is 5.99. The summed E-state index contributed by atoms with van der Waals surface area (Å²) in [4.78, 5) is 30.2. The Morgan fingerprint density at radius 1 is 1.29 bits per heavy atom. The number of halogens is 4. The van der Waals surface area contributed by atoms with E-state index in [2.05, 4.69) is 69.8 Å². The smallest absolute Gasteiger partial charge is 0.412 e. The number of nitrogens with zero attached hydrogens (tertiary/aromatic N) is 4. The average molecular weight is 635 g/mol. The monoisotopic (exact) mass is 631 g/mol. The molecule has 2 amide bonds. The predicted octanol–water partition coefficient (Wildman–Crippen LogP) is 6.13. The zero-order valence-corrected chi connectivity index (χ0v) is 21.0. The molecule has 3 rings (SSSR count). The molecule has 0 radical (unpaired) electrons. The van der Waals surface area contributed by atoms with Gasteiger partial charge in [-0.1, -0.05) is 33.6 Å². The summed E-state index contributed by atoms with van der Waals surface area (Å²) < 4.78 is 2.79. The lowest BCUT2D eigenvalue weighted by Crippen LogP contribution is -2.30. The third-order valence-electron chi connectivity index (χ3n) is 3.96. The van der Waals surface area contributed by atoms with Gasteiger partial charge >= 0.3 is 6.09 Å². The van der Waals surface area contributed by atoms with Gasteiger partial charge < -0.3 is 10.4 Å². The van der Waals surface area contributed by atoms with Crippen LogP contribution in [0.15, 0.2) is 62.7 Å². The van der Waals surface area contributed by atoms with E-state index in [1.165, 1.54) is 23.0 Å². The Morgan fingerprint density at radius 3 is 2.68 bits per heavy atom. The average Bonchev–Trinajstić information content (AvgIpc) is 3.09. The number of benzene rings is 1. The highest BCUT2D eigenvalue weighted by Gasteiger charge is 2.24. The van der Waals surface area contributed by atoms with Crippen LogP contribution in [0.25, 0.3) is 5.82 Å². The highest BCUT2D eigenvalue weighted by molar-refractivity contribution is 9.11. The van der Waals surface area contributed by atoms with Crippen LogP contribution in [0, 0.1) is 0 Å². The standard InChI is InChI=1S/C19H13Br3ClN5O3/c1-2-6-27(19(30)31)13-8-10(20)7-11(21)16(13)25-18(29)14-9-15(22)26-28(14)17-12(23)4-3-5-24-17/h2-5,7-9H,1,6H2,(H,25,29)(H,30,31). The Morgan fingerprint density at radius 2 is 2.03 bits per heavy atom. The lowest BCUT2D eigenvalue weighted by molar-refractivity contribution is 0.101. The number of carbonyl (C=O) groups excluding carboxylic acids is 1. The van der Waals surface area contributed by atoms with Gasteiger partial charge in [0.1, 0.15) is 10.3 Å². The van der Waals surface area contributed by atoms with Gasteiger partial charge in [0, 0.05) is 27.8 Å². The van der Waals surface area contributed by atoms with E-state index in [0.717, 1.165) is 4.90 Å². The van der Waals surface area contributed by atoms with Gasteiger partial charge in [0.2, 0.25) is 0 Å². The number of pyridine rings is 1. The molecule has 12 heteroatoms. The van der Waals surface area contributed by atoms with Gasteiger partial charge in [0.25, 0.3) is 5.91 Å². The molecule has 2 aromatic heterocycles. The lowest BCUT2D eigenvalue weighted by Gasteiger charge is -2.22. The Bertz CT molecular complexity index is 1180. The normalized spacial score (nSPS) is 10.6. The Kier molecular flexibility index (Phi) is 7.52. The minimum absolute atomic E-state index is 0.0219. The summed E-state index contributed by atoms with van der Waals surface area (Å²) in [7, 11) is 0. The van der Waals surface area contributed by atoms with Gasteiger partial charge in [-0.05, 0) is 56.1 Å². The van der Waals surface area contributed by atoms with Crippen LogP contribution in [0.2, 0.25) is 5.02 Å². The fourth-order valence-electron chi connectivity index (χ4n) is 2.69. The highest BCUT2D eigenvalue weighted by atomic mass is 79.9. The van der Waals surface area contributed by atoms with Gasteiger partial charge in [-0.25, -0.2) is 14.5 Å². The minimum atomic E-state index is -1.20. The number of hydrogen-bond donors (Lipinski definition) is 2. The van der Waals surface area contributed by atoms with Crippen molar-refractivity contribution in [1.82, 2.24) is 14.8 Å². The van der Waals surface area contributed by atoms with E-state index in [1.54, 1.807) is 24.3 Å². The van der Waals surface area contributed by atoms with E-state index >= 15 is 0 Å². The molecular formula is C19H13Br3ClN5O3. The van der Waals surface area contributed by atoms with Crippen molar-refractivity contribution in [3.63, 3.8) is 0 Å². The molecule has 0 fully saturated rings. The lowest BCUT2D eigenvalue weighted by atomic mass is 10.2. The maximum atomic E-state index is 13.2. The van der Waals surface area contributed by atoms with E-state index in [-0.39, 0.29) is 29.4 Å². The van der Waals surface area contributed by atoms with Crippen molar-refractivity contribution in [3.05, 3.63) is 73.4 Å². The largest absolute Gasteiger partial charge is 0.465 e. The van der Waals surface area contributed by atoms with Crippen LogP contribution in [0.4, 0.5) is 16.2 Å². The number of carbonyl (C=O) groups is 2. The van der Waals surface area contributed by atoms with Crippen LogP contribution in [-0.2, 0) is 0 Å². The summed E-state index contributed by atoms with van der Waals surface area (Å²) in [5.74, 6) is -0.276. The molecule has 0 spiro atoms. The molecule has 0 bridgehead atoms. The summed E-state index contributed by atoms with van der Waals surface area (Å²) in [6.07, 6.45) is 1.78. The van der Waals surface area contributed by atoms with Crippen molar-refractivity contribution >= 4 is 82.8 Å². The second-order valence-corrected chi connectivity index (χ2v) is 8.98. The fourth-order valence-corrected chi connectivity index (χ4v) is 4.57. The molecule has 2 N–H and O–H groups in total. The topological polar surface area (TPSA) is 100 Å². The van der Waals surface area contributed by atoms with Crippen molar-refractivity contribution in [2.75, 3.05) is 16.8 Å². The first-order chi connectivity index (χ1) is 14.7. The molecule has 0 aliphatic carbocycles. The first-order valence-electron chi connectivity index (χ1n) is 8.51. The summed E-state index contributed by atoms with van der Waals surface area (Å²) in [6, 6.07) is 8.07. The fraction of sp³-hybridized carbons (Fsp3) is 0.0526. The Balaban J connectivity index is 2.07. The van der Waals surface area contributed by atoms with E-state index in [1.807, 2.05) is 0 Å². The number of amides is 2. The first kappa shape index (κ1) is 23.5. The quantitative estimate of drug-likeness (QED) is 0.318. The Labute approximate surface area is 207 Å². The number of carboxylic acid groups (broad SMARTS) is 1. The van der Waals surface area contributed by atoms with Crippen LogP contribution in [-0.4, -0.2) is 38.4 Å². The molecule has 160 valence electrons. The van der Waals surface area contributed by atoms with E-state index in [9.17, 15) is 14.7 Å². The molecule has 0 unspecified atom stereocenters. The van der Waals surface area contributed by atoms with Crippen LogP contribution < -0.4 is 10.2 Å². The first-order valence-corrected chi connectivity index (χ1v) is 11.3. The van der Waals surface area contributed by atoms with Crippen molar-refractivity contribution in [2.24, 2.45) is 0 Å². The zero-order valence-electron chi connectivity index (χ0n) is 15.5. The Hall–Kier alpha value is -2.21. The second kappa shape index (κ2) is 9.94. The van der Waals surface area contributed by atoms with E-state index in [4.69, 9.17) is 11.6 Å². The molecule has 0 atom stereocenters. The summed E-state index contributed by atoms with van der Waals surface area (Å²) in [5, 5.41) is 16.9. The molecule has 2 heterocycles. The molecule has 31 heavy (non-hydrogen) atoms. The molecule has 1 aromatic carbocycles. The van der Waals surface area contributed by atoms with Gasteiger partial charge in [-0.3, -0.25) is 9.69 Å². The van der Waals surface area contributed by atoms with Crippen LogP contribution in [0.3, 0.4) is 0 Å². The molecular weight excluding hydrogens is 621 g/mol. The van der Waals surface area contributed by atoms with Gasteiger partial charge in [-0.15, -0.1) is 6.58 Å².